The number of hydrogen-bond acceptors (Lipinski definition) is 6. The van der Waals surface area contributed by atoms with E-state index in [0.717, 1.165) is 34.3 Å². The molecule has 0 spiro atoms. The first kappa shape index (κ1) is 25.2. The molecule has 0 aliphatic carbocycles. The van der Waals surface area contributed by atoms with Gasteiger partial charge in [-0.3, -0.25) is 4.90 Å². The highest BCUT2D eigenvalue weighted by molar-refractivity contribution is 7.89. The number of aromatic nitrogens is 5. The molecule has 3 heterocycles. The average Bonchev–Trinajstić information content (AvgIpc) is 3.49. The minimum atomic E-state index is -3.78. The maximum atomic E-state index is 13.4. The maximum absolute atomic E-state index is 13.4. The molecule has 0 N–H and O–H groups in total. The number of fused-ring (bicyclic) bond motifs is 1. The number of nitrogens with zero attached hydrogens (tertiary/aromatic N) is 7. The van der Waals surface area contributed by atoms with Gasteiger partial charge in [0.2, 0.25) is 5.03 Å². The van der Waals surface area contributed by atoms with Crippen LogP contribution in [-0.2, 0) is 17.1 Å². The molecule has 1 aliphatic heterocycles. The van der Waals surface area contributed by atoms with Crippen molar-refractivity contribution in [3.8, 4) is 5.69 Å². The Morgan fingerprint density at radius 2 is 1.86 bits per heavy atom. The summed E-state index contributed by atoms with van der Waals surface area (Å²) < 4.78 is 43.5. The number of rotatable bonds is 6. The molecule has 11 heteroatoms. The molecule has 1 saturated heterocycles. The van der Waals surface area contributed by atoms with E-state index in [9.17, 15) is 12.8 Å². The molecule has 5 rings (SSSR count). The minimum Gasteiger partial charge on any atom is -0.290 e. The van der Waals surface area contributed by atoms with E-state index in [1.165, 1.54) is 33.0 Å². The van der Waals surface area contributed by atoms with Gasteiger partial charge in [-0.15, -0.1) is 5.10 Å². The molecule has 1 unspecified atom stereocenters. The van der Waals surface area contributed by atoms with E-state index in [1.807, 2.05) is 6.92 Å². The van der Waals surface area contributed by atoms with Crippen molar-refractivity contribution in [3.63, 3.8) is 0 Å². The molecule has 37 heavy (non-hydrogen) atoms. The number of aryl methyl sites for hydroxylation is 2. The predicted octanol–water partition coefficient (Wildman–Crippen LogP) is 3.62. The molecule has 1 aliphatic rings. The molecular formula is C26H30FN7O2S. The molecule has 9 nitrogen and oxygen atoms in total. The lowest BCUT2D eigenvalue weighted by Gasteiger charge is -2.41. The molecule has 2 aromatic carbocycles. The van der Waals surface area contributed by atoms with Crippen molar-refractivity contribution in [2.24, 2.45) is 7.05 Å². The zero-order valence-corrected chi connectivity index (χ0v) is 22.2. The van der Waals surface area contributed by atoms with Crippen molar-refractivity contribution in [1.29, 1.82) is 0 Å². The molecule has 1 atom stereocenters. The van der Waals surface area contributed by atoms with E-state index in [0.29, 0.717) is 19.6 Å². The van der Waals surface area contributed by atoms with Crippen LogP contribution in [0.2, 0.25) is 0 Å². The fourth-order valence-electron chi connectivity index (χ4n) is 4.75. The van der Waals surface area contributed by atoms with E-state index in [2.05, 4.69) is 52.3 Å². The predicted molar refractivity (Wildman–Crippen MR) is 139 cm³/mol. The number of benzene rings is 2. The number of halogens is 1. The van der Waals surface area contributed by atoms with Crippen LogP contribution in [0.3, 0.4) is 0 Å². The standard InChI is InChI=1S/C26H30FN7O2S/c1-18(2)9-10-32-11-12-33(37(35,36)26-16-28-31(4)30-26)17-25(32)23-14-20-15-29-34(24(20)13-19(23)3)22-7-5-21(27)6-8-22/h5-9,13-16,25H,10-12,17H2,1-4H3. The van der Waals surface area contributed by atoms with Crippen LogP contribution in [0.5, 0.6) is 0 Å². The van der Waals surface area contributed by atoms with Crippen LogP contribution in [0.15, 0.2) is 65.5 Å². The highest BCUT2D eigenvalue weighted by atomic mass is 32.2. The highest BCUT2D eigenvalue weighted by Crippen LogP contribution is 2.33. The smallest absolute Gasteiger partial charge is 0.264 e. The second kappa shape index (κ2) is 9.81. The first-order chi connectivity index (χ1) is 17.6. The summed E-state index contributed by atoms with van der Waals surface area (Å²) in [5.41, 5.74) is 4.96. The molecule has 0 amide bonds. The van der Waals surface area contributed by atoms with Crippen LogP contribution < -0.4 is 0 Å². The fraction of sp³-hybridized carbons (Fsp3) is 0.346. The van der Waals surface area contributed by atoms with Gasteiger partial charge in [0.1, 0.15) is 5.82 Å². The van der Waals surface area contributed by atoms with E-state index >= 15 is 0 Å². The van der Waals surface area contributed by atoms with E-state index in [-0.39, 0.29) is 16.9 Å². The SMILES string of the molecule is CC(C)=CCN1CCN(S(=O)(=O)c2cnn(C)n2)CC1c1cc2cnn(-c3ccc(F)cc3)c2cc1C. The van der Waals surface area contributed by atoms with E-state index < -0.39 is 10.0 Å². The van der Waals surface area contributed by atoms with Crippen molar-refractivity contribution in [2.45, 2.75) is 31.8 Å². The average molecular weight is 524 g/mol. The molecule has 0 radical (unpaired) electrons. The Balaban J connectivity index is 1.53. The molecule has 1 fully saturated rings. The number of hydrogen-bond donors (Lipinski definition) is 0. The quantitative estimate of drug-likeness (QED) is 0.359. The lowest BCUT2D eigenvalue weighted by Crippen LogP contribution is -2.50. The Labute approximate surface area is 215 Å². The Hall–Kier alpha value is -3.41. The van der Waals surface area contributed by atoms with Crippen LogP contribution >= 0.6 is 0 Å². The third-order valence-electron chi connectivity index (χ3n) is 6.76. The number of sulfonamides is 1. The third kappa shape index (κ3) is 4.94. The molecular weight excluding hydrogens is 493 g/mol. The topological polar surface area (TPSA) is 89.2 Å². The Morgan fingerprint density at radius 1 is 1.11 bits per heavy atom. The monoisotopic (exact) mass is 523 g/mol. The third-order valence-corrected chi connectivity index (χ3v) is 8.48. The van der Waals surface area contributed by atoms with Crippen molar-refractivity contribution in [2.75, 3.05) is 26.2 Å². The van der Waals surface area contributed by atoms with Gasteiger partial charge in [0, 0.05) is 44.7 Å². The lowest BCUT2D eigenvalue weighted by molar-refractivity contribution is 0.131. The molecule has 0 saturated carbocycles. The highest BCUT2D eigenvalue weighted by Gasteiger charge is 2.36. The summed E-state index contributed by atoms with van der Waals surface area (Å²) in [5.74, 6) is -0.298. The largest absolute Gasteiger partial charge is 0.290 e. The Morgan fingerprint density at radius 3 is 2.54 bits per heavy atom. The van der Waals surface area contributed by atoms with Crippen molar-refractivity contribution >= 4 is 20.9 Å². The summed E-state index contributed by atoms with van der Waals surface area (Å²) in [6.45, 7) is 8.13. The normalized spacial score (nSPS) is 17.4. The van der Waals surface area contributed by atoms with Gasteiger partial charge in [-0.25, -0.2) is 17.5 Å². The van der Waals surface area contributed by atoms with Gasteiger partial charge in [-0.05, 0) is 68.3 Å². The summed E-state index contributed by atoms with van der Waals surface area (Å²) in [4.78, 5) is 3.57. The summed E-state index contributed by atoms with van der Waals surface area (Å²) in [7, 11) is -2.18. The summed E-state index contributed by atoms with van der Waals surface area (Å²) in [5, 5.41) is 13.4. The number of piperazine rings is 1. The second-order valence-corrected chi connectivity index (χ2v) is 11.5. The molecule has 194 valence electrons. The fourth-order valence-corrected chi connectivity index (χ4v) is 6.07. The Kier molecular flexibility index (Phi) is 6.69. The van der Waals surface area contributed by atoms with Gasteiger partial charge in [0.15, 0.2) is 0 Å². The van der Waals surface area contributed by atoms with E-state index in [1.54, 1.807) is 30.1 Å². The van der Waals surface area contributed by atoms with Crippen LogP contribution in [0, 0.1) is 12.7 Å². The zero-order chi connectivity index (χ0) is 26.3. The van der Waals surface area contributed by atoms with Crippen molar-refractivity contribution in [3.05, 3.63) is 77.4 Å². The number of allylic oxidation sites excluding steroid dienone is 1. The van der Waals surface area contributed by atoms with Crippen LogP contribution in [0.1, 0.15) is 31.0 Å². The van der Waals surface area contributed by atoms with Crippen molar-refractivity contribution < 1.29 is 12.8 Å². The Bertz CT molecular complexity index is 1570. The first-order valence-corrected chi connectivity index (χ1v) is 13.6. The van der Waals surface area contributed by atoms with Gasteiger partial charge in [-0.1, -0.05) is 11.6 Å². The van der Waals surface area contributed by atoms with Gasteiger partial charge < -0.3 is 0 Å². The maximum Gasteiger partial charge on any atom is 0.264 e. The zero-order valence-electron chi connectivity index (χ0n) is 21.3. The van der Waals surface area contributed by atoms with Gasteiger partial charge >= 0.3 is 0 Å². The molecule has 4 aromatic rings. The summed E-state index contributed by atoms with van der Waals surface area (Å²) in [6, 6.07) is 10.2. The minimum absolute atomic E-state index is 0.0424. The van der Waals surface area contributed by atoms with Crippen LogP contribution in [-0.4, -0.2) is 68.6 Å². The summed E-state index contributed by atoms with van der Waals surface area (Å²) >= 11 is 0. The molecule has 0 bridgehead atoms. The van der Waals surface area contributed by atoms with Crippen LogP contribution in [0.4, 0.5) is 4.39 Å². The first-order valence-electron chi connectivity index (χ1n) is 12.1. The van der Waals surface area contributed by atoms with Gasteiger partial charge in [0.25, 0.3) is 10.0 Å². The second-order valence-electron chi connectivity index (χ2n) is 9.63. The van der Waals surface area contributed by atoms with Crippen molar-refractivity contribution in [1.82, 2.24) is 34.0 Å². The van der Waals surface area contributed by atoms with Gasteiger partial charge in [0.05, 0.1) is 23.6 Å². The van der Waals surface area contributed by atoms with Crippen LogP contribution in [0.25, 0.3) is 16.6 Å². The lowest BCUT2D eigenvalue weighted by atomic mass is 9.96. The van der Waals surface area contributed by atoms with E-state index in [4.69, 9.17) is 0 Å². The van der Waals surface area contributed by atoms with Gasteiger partial charge in [-0.2, -0.15) is 19.3 Å². The molecule has 2 aromatic heterocycles. The summed E-state index contributed by atoms with van der Waals surface area (Å²) in [6.07, 6.45) is 5.25.